The second-order valence-electron chi connectivity index (χ2n) is 5.45. The van der Waals surface area contributed by atoms with Gasteiger partial charge in [0.1, 0.15) is 0 Å². The molecular formula is C16H24N2OS. The van der Waals surface area contributed by atoms with Crippen LogP contribution in [0.25, 0.3) is 0 Å². The summed E-state index contributed by atoms with van der Waals surface area (Å²) in [6, 6.07) is 10.2. The number of benzene rings is 1. The topological polar surface area (TPSA) is 41.1 Å². The summed E-state index contributed by atoms with van der Waals surface area (Å²) in [7, 11) is 0. The van der Waals surface area contributed by atoms with E-state index in [0.29, 0.717) is 5.25 Å². The van der Waals surface area contributed by atoms with Crippen molar-refractivity contribution >= 4 is 17.7 Å². The van der Waals surface area contributed by atoms with Crippen molar-refractivity contribution in [2.45, 2.75) is 30.4 Å². The van der Waals surface area contributed by atoms with Crippen LogP contribution in [0.5, 0.6) is 0 Å². The number of rotatable bonds is 5. The third kappa shape index (κ3) is 3.36. The first kappa shape index (κ1) is 15.4. The van der Waals surface area contributed by atoms with Gasteiger partial charge in [-0.25, -0.2) is 0 Å². The van der Waals surface area contributed by atoms with Crippen molar-refractivity contribution in [3.8, 4) is 0 Å². The molecule has 1 aromatic carbocycles. The number of carbonyl (C=O) groups excluding carboxylic acids is 1. The summed E-state index contributed by atoms with van der Waals surface area (Å²) >= 11 is 1.78. The van der Waals surface area contributed by atoms with Crippen molar-refractivity contribution in [1.29, 1.82) is 0 Å². The van der Waals surface area contributed by atoms with Gasteiger partial charge in [-0.2, -0.15) is 11.8 Å². The van der Waals surface area contributed by atoms with Crippen molar-refractivity contribution in [1.82, 2.24) is 10.6 Å². The summed E-state index contributed by atoms with van der Waals surface area (Å²) < 4.78 is 0. The van der Waals surface area contributed by atoms with Crippen molar-refractivity contribution in [3.05, 3.63) is 35.9 Å². The van der Waals surface area contributed by atoms with Crippen LogP contribution in [0.15, 0.2) is 30.3 Å². The Balaban J connectivity index is 2.17. The molecule has 1 amide bonds. The molecule has 1 aliphatic rings. The Kier molecular flexibility index (Phi) is 5.49. The van der Waals surface area contributed by atoms with Crippen LogP contribution in [-0.2, 0) is 10.2 Å². The molecule has 0 radical (unpaired) electrons. The summed E-state index contributed by atoms with van der Waals surface area (Å²) in [5.41, 5.74) is 0.792. The molecule has 2 N–H and O–H groups in total. The molecule has 0 spiro atoms. The van der Waals surface area contributed by atoms with E-state index >= 15 is 0 Å². The van der Waals surface area contributed by atoms with Crippen LogP contribution >= 0.6 is 11.8 Å². The Morgan fingerprint density at radius 3 is 2.60 bits per heavy atom. The molecule has 110 valence electrons. The van der Waals surface area contributed by atoms with Gasteiger partial charge in [0.2, 0.25) is 5.91 Å². The van der Waals surface area contributed by atoms with Gasteiger partial charge in [-0.1, -0.05) is 37.3 Å². The van der Waals surface area contributed by atoms with E-state index in [1.165, 1.54) is 0 Å². The molecule has 0 saturated carbocycles. The van der Waals surface area contributed by atoms with Gasteiger partial charge in [-0.15, -0.1) is 0 Å². The summed E-state index contributed by atoms with van der Waals surface area (Å²) in [5, 5.41) is 6.96. The fourth-order valence-corrected chi connectivity index (χ4v) is 3.00. The molecule has 1 unspecified atom stereocenters. The van der Waals surface area contributed by atoms with Gasteiger partial charge in [0.15, 0.2) is 0 Å². The van der Waals surface area contributed by atoms with E-state index in [4.69, 9.17) is 0 Å². The Bertz CT molecular complexity index is 429. The molecule has 1 fully saturated rings. The standard InChI is InChI=1S/C16H24N2OS/c1-13(20-2)12-18-15(19)16(8-10-17-11-9-16)14-6-4-3-5-7-14/h3-7,13,17H,8-12H2,1-2H3,(H,18,19). The number of thioether (sulfide) groups is 1. The molecule has 1 aliphatic heterocycles. The zero-order chi connectivity index (χ0) is 14.4. The first-order chi connectivity index (χ1) is 9.69. The van der Waals surface area contributed by atoms with Crippen LogP contribution in [0.4, 0.5) is 0 Å². The minimum Gasteiger partial charge on any atom is -0.354 e. The minimum absolute atomic E-state index is 0.186. The molecule has 1 atom stereocenters. The van der Waals surface area contributed by atoms with Crippen LogP contribution in [-0.4, -0.2) is 37.0 Å². The number of amides is 1. The molecule has 0 aliphatic carbocycles. The van der Waals surface area contributed by atoms with E-state index < -0.39 is 0 Å². The normalized spacial score (nSPS) is 19.3. The van der Waals surface area contributed by atoms with E-state index in [1.54, 1.807) is 11.8 Å². The lowest BCUT2D eigenvalue weighted by Gasteiger charge is -2.37. The number of nitrogens with one attached hydrogen (secondary N) is 2. The Labute approximate surface area is 125 Å². The van der Waals surface area contributed by atoms with Gasteiger partial charge >= 0.3 is 0 Å². The first-order valence-electron chi connectivity index (χ1n) is 7.26. The molecule has 0 aromatic heterocycles. The fourth-order valence-electron chi connectivity index (χ4n) is 2.75. The largest absolute Gasteiger partial charge is 0.354 e. The molecule has 1 aromatic rings. The first-order valence-corrected chi connectivity index (χ1v) is 8.55. The zero-order valence-electron chi connectivity index (χ0n) is 12.3. The molecule has 2 rings (SSSR count). The van der Waals surface area contributed by atoms with Crippen molar-refractivity contribution in [3.63, 3.8) is 0 Å². The van der Waals surface area contributed by atoms with E-state index in [1.807, 2.05) is 18.2 Å². The summed E-state index contributed by atoms with van der Waals surface area (Å²) in [6.45, 7) is 4.69. The molecule has 3 nitrogen and oxygen atoms in total. The number of carbonyl (C=O) groups is 1. The quantitative estimate of drug-likeness (QED) is 0.874. The predicted molar refractivity (Wildman–Crippen MR) is 86.2 cm³/mol. The Hall–Kier alpha value is -1.00. The maximum Gasteiger partial charge on any atom is 0.230 e. The van der Waals surface area contributed by atoms with E-state index in [0.717, 1.165) is 38.0 Å². The smallest absolute Gasteiger partial charge is 0.230 e. The molecule has 20 heavy (non-hydrogen) atoms. The second kappa shape index (κ2) is 7.14. The van der Waals surface area contributed by atoms with Gasteiger partial charge in [0, 0.05) is 11.8 Å². The van der Waals surface area contributed by atoms with Crippen LogP contribution in [0.3, 0.4) is 0 Å². The molecular weight excluding hydrogens is 268 g/mol. The van der Waals surface area contributed by atoms with Crippen LogP contribution in [0.1, 0.15) is 25.3 Å². The average molecular weight is 292 g/mol. The predicted octanol–water partition coefficient (Wildman–Crippen LogP) is 2.18. The van der Waals surface area contributed by atoms with Gasteiger partial charge < -0.3 is 10.6 Å². The average Bonchev–Trinajstić information content (AvgIpc) is 2.53. The van der Waals surface area contributed by atoms with Gasteiger partial charge in [-0.05, 0) is 37.8 Å². The van der Waals surface area contributed by atoms with E-state index in [-0.39, 0.29) is 11.3 Å². The third-order valence-corrected chi connectivity index (χ3v) is 5.14. The lowest BCUT2D eigenvalue weighted by molar-refractivity contribution is -0.127. The monoisotopic (exact) mass is 292 g/mol. The number of piperidine rings is 1. The number of hydrogen-bond donors (Lipinski definition) is 2. The van der Waals surface area contributed by atoms with Gasteiger partial charge in [-0.3, -0.25) is 4.79 Å². The lowest BCUT2D eigenvalue weighted by Crippen LogP contribution is -2.51. The Morgan fingerprint density at radius 1 is 1.35 bits per heavy atom. The second-order valence-corrected chi connectivity index (χ2v) is 6.73. The van der Waals surface area contributed by atoms with E-state index in [2.05, 4.69) is 35.9 Å². The lowest BCUT2D eigenvalue weighted by atomic mass is 9.72. The van der Waals surface area contributed by atoms with Crippen molar-refractivity contribution in [2.24, 2.45) is 0 Å². The van der Waals surface area contributed by atoms with Gasteiger partial charge in [0.05, 0.1) is 5.41 Å². The zero-order valence-corrected chi connectivity index (χ0v) is 13.1. The fraction of sp³-hybridized carbons (Fsp3) is 0.562. The maximum absolute atomic E-state index is 12.8. The maximum atomic E-state index is 12.8. The SMILES string of the molecule is CSC(C)CNC(=O)C1(c2ccccc2)CCNCC1. The summed E-state index contributed by atoms with van der Waals surface area (Å²) in [4.78, 5) is 12.8. The molecule has 4 heteroatoms. The highest BCUT2D eigenvalue weighted by Crippen LogP contribution is 2.33. The molecule has 1 saturated heterocycles. The summed E-state index contributed by atoms with van der Waals surface area (Å²) in [5.74, 6) is 0.186. The number of hydrogen-bond acceptors (Lipinski definition) is 3. The highest BCUT2D eigenvalue weighted by atomic mass is 32.2. The minimum atomic E-state index is -0.357. The van der Waals surface area contributed by atoms with Crippen molar-refractivity contribution in [2.75, 3.05) is 25.9 Å². The van der Waals surface area contributed by atoms with Gasteiger partial charge in [0.25, 0.3) is 0 Å². The van der Waals surface area contributed by atoms with Crippen LogP contribution in [0.2, 0.25) is 0 Å². The van der Waals surface area contributed by atoms with E-state index in [9.17, 15) is 4.79 Å². The molecule has 0 bridgehead atoms. The van der Waals surface area contributed by atoms with Crippen LogP contribution < -0.4 is 10.6 Å². The van der Waals surface area contributed by atoms with Crippen molar-refractivity contribution < 1.29 is 4.79 Å². The molecule has 1 heterocycles. The van der Waals surface area contributed by atoms with Crippen LogP contribution in [0, 0.1) is 0 Å². The Morgan fingerprint density at radius 2 is 2.00 bits per heavy atom. The third-order valence-electron chi connectivity index (χ3n) is 4.17. The highest BCUT2D eigenvalue weighted by Gasteiger charge is 2.40. The highest BCUT2D eigenvalue weighted by molar-refractivity contribution is 7.99. The summed E-state index contributed by atoms with van der Waals surface area (Å²) in [6.07, 6.45) is 3.82.